The Labute approximate surface area is 415 Å². The Morgan fingerprint density at radius 1 is 0.627 bits per heavy atom. The molecule has 0 aliphatic heterocycles. The van der Waals surface area contributed by atoms with Crippen molar-refractivity contribution in [2.45, 2.75) is 85.8 Å². The molecule has 0 fully saturated rings. The van der Waals surface area contributed by atoms with Crippen LogP contribution in [0.1, 0.15) is 85.7 Å². The van der Waals surface area contributed by atoms with Crippen molar-refractivity contribution in [3.05, 3.63) is 186 Å². The standard InChI is InChI=1S/C42H34N3O.C18H24NSi.Ir/c1-26(2)35-22-30(28-14-7-5-8-15-28)23-36(27(3)4)39(35)45-37-24-31(29-16-9-6-10-17-29)25-43-41(37)44-42(45)34-20-13-19-33-32-18-11-12-21-38(32)46-40(33)34;1-13(2)16-11-17(15-9-7-14(3)8-10-15)19-12-18(16)20(4,5)6;/h5-19,21-27H,1-4H3;7-9,11-13H,1-6H3;/q2*-1;/i;3D3;. The number of para-hydroxylation sites is 1. The molecule has 0 atom stereocenters. The molecule has 10 aromatic rings. The van der Waals surface area contributed by atoms with Crippen LogP contribution in [0.5, 0.6) is 0 Å². The average molecular weight is 1070 g/mol. The number of fused-ring (bicyclic) bond motifs is 4. The number of furan rings is 1. The van der Waals surface area contributed by atoms with Crippen molar-refractivity contribution >= 4 is 46.4 Å². The van der Waals surface area contributed by atoms with Gasteiger partial charge in [-0.15, -0.1) is 53.6 Å². The first kappa shape index (κ1) is 43.3. The van der Waals surface area contributed by atoms with Gasteiger partial charge in [-0.3, -0.25) is 4.98 Å². The van der Waals surface area contributed by atoms with Gasteiger partial charge < -0.3 is 14.0 Å². The van der Waals surface area contributed by atoms with Crippen molar-refractivity contribution in [2.75, 3.05) is 0 Å². The van der Waals surface area contributed by atoms with Crippen LogP contribution in [0.25, 0.3) is 83.7 Å². The fourth-order valence-electron chi connectivity index (χ4n) is 8.92. The predicted octanol–water partition coefficient (Wildman–Crippen LogP) is 15.9. The topological polar surface area (TPSA) is 56.7 Å². The normalized spacial score (nSPS) is 12.6. The molecule has 0 bridgehead atoms. The van der Waals surface area contributed by atoms with E-state index in [0.29, 0.717) is 17.1 Å². The molecule has 6 aromatic carbocycles. The second kappa shape index (κ2) is 19.5. The zero-order valence-electron chi connectivity index (χ0n) is 42.7. The monoisotopic (exact) mass is 1070 g/mol. The van der Waals surface area contributed by atoms with Gasteiger partial charge >= 0.3 is 0 Å². The minimum absolute atomic E-state index is 0. The van der Waals surface area contributed by atoms with Gasteiger partial charge in [-0.05, 0) is 80.7 Å². The summed E-state index contributed by atoms with van der Waals surface area (Å²) >= 11 is 0. The Kier molecular flexibility index (Phi) is 12.6. The molecule has 1 radical (unpaired) electrons. The molecular weight excluding hydrogens is 1010 g/mol. The molecule has 4 heterocycles. The van der Waals surface area contributed by atoms with E-state index in [4.69, 9.17) is 18.5 Å². The van der Waals surface area contributed by atoms with Gasteiger partial charge in [0.25, 0.3) is 0 Å². The molecule has 0 spiro atoms. The summed E-state index contributed by atoms with van der Waals surface area (Å²) in [6.07, 6.45) is 3.93. The molecule has 5 nitrogen and oxygen atoms in total. The number of aryl methyl sites for hydroxylation is 1. The third-order valence-corrected chi connectivity index (χ3v) is 14.4. The molecule has 0 unspecified atom stereocenters. The SMILES string of the molecule is CC(C)c1cc(-c2ccccc2)cc(C(C)C)c1-n1c(-c2[c-]ccc3c2oc2ccccc23)nc2ncc(-c3ccccc3)cc21.[2H]C([2H])([2H])c1c[c-]c(-c2cc(C(C)C)c([Si](C)(C)C)cn2)cc1.[Ir]. The Morgan fingerprint density at radius 3 is 1.88 bits per heavy atom. The smallest absolute Gasteiger partial charge is 0.168 e. The zero-order chi connectivity index (χ0) is 48.8. The Bertz CT molecular complexity index is 3420. The van der Waals surface area contributed by atoms with Gasteiger partial charge in [-0.1, -0.05) is 169 Å². The van der Waals surface area contributed by atoms with E-state index in [1.54, 1.807) is 18.2 Å². The van der Waals surface area contributed by atoms with Crippen LogP contribution >= 0.6 is 0 Å². The van der Waals surface area contributed by atoms with E-state index in [0.717, 1.165) is 66.9 Å². The number of hydrogen-bond donors (Lipinski definition) is 0. The Morgan fingerprint density at radius 2 is 1.27 bits per heavy atom. The molecule has 0 saturated heterocycles. The van der Waals surface area contributed by atoms with Gasteiger partial charge in [0.15, 0.2) is 5.65 Å². The molecule has 67 heavy (non-hydrogen) atoms. The number of rotatable bonds is 9. The maximum atomic E-state index is 7.44. The summed E-state index contributed by atoms with van der Waals surface area (Å²) in [4.78, 5) is 14.8. The summed E-state index contributed by atoms with van der Waals surface area (Å²) in [7, 11) is -1.45. The number of benzene rings is 6. The molecule has 339 valence electrons. The number of hydrogen-bond acceptors (Lipinski definition) is 4. The summed E-state index contributed by atoms with van der Waals surface area (Å²) < 4.78 is 31.2. The largest absolute Gasteiger partial charge is 0.501 e. The molecule has 0 amide bonds. The van der Waals surface area contributed by atoms with Crippen molar-refractivity contribution in [2.24, 2.45) is 0 Å². The van der Waals surface area contributed by atoms with Crippen LogP contribution in [-0.4, -0.2) is 27.6 Å². The zero-order valence-corrected chi connectivity index (χ0v) is 43.1. The summed E-state index contributed by atoms with van der Waals surface area (Å²) in [5.41, 5.74) is 15.7. The van der Waals surface area contributed by atoms with Gasteiger partial charge in [0.05, 0.1) is 25.0 Å². The molecule has 0 aliphatic carbocycles. The second-order valence-corrected chi connectivity index (χ2v) is 24.2. The number of nitrogens with zero attached hydrogens (tertiary/aromatic N) is 4. The quantitative estimate of drug-likeness (QED) is 0.107. The first-order valence-corrected chi connectivity index (χ1v) is 26.5. The number of pyridine rings is 2. The first-order chi connectivity index (χ1) is 33.0. The average Bonchev–Trinajstić information content (AvgIpc) is 3.92. The van der Waals surface area contributed by atoms with Gasteiger partial charge in [-0.2, -0.15) is 0 Å². The molecule has 0 N–H and O–H groups in total. The van der Waals surface area contributed by atoms with E-state index >= 15 is 0 Å². The summed E-state index contributed by atoms with van der Waals surface area (Å²) in [6, 6.07) is 54.0. The van der Waals surface area contributed by atoms with Crippen LogP contribution in [0.3, 0.4) is 0 Å². The number of aromatic nitrogens is 4. The van der Waals surface area contributed by atoms with E-state index < -0.39 is 14.9 Å². The van der Waals surface area contributed by atoms with E-state index in [1.807, 2.05) is 36.7 Å². The van der Waals surface area contributed by atoms with Crippen molar-refractivity contribution in [1.82, 2.24) is 19.5 Å². The fraction of sp³-hybridized carbons (Fsp3) is 0.217. The van der Waals surface area contributed by atoms with Crippen molar-refractivity contribution < 1.29 is 28.6 Å². The molecule has 0 saturated carbocycles. The summed E-state index contributed by atoms with van der Waals surface area (Å²) in [5, 5.41) is 3.52. The van der Waals surface area contributed by atoms with Crippen molar-refractivity contribution in [3.63, 3.8) is 0 Å². The third-order valence-electron chi connectivity index (χ3n) is 12.4. The summed E-state index contributed by atoms with van der Waals surface area (Å²) in [6.45, 7) is 18.4. The molecular formula is C60H58IrN4OSi-2. The predicted molar refractivity (Wildman–Crippen MR) is 280 cm³/mol. The maximum Gasteiger partial charge on any atom is 0.168 e. The van der Waals surface area contributed by atoms with Gasteiger partial charge in [0, 0.05) is 53.2 Å². The second-order valence-electron chi connectivity index (χ2n) is 19.1. The molecule has 10 rings (SSSR count). The molecule has 4 aromatic heterocycles. The third kappa shape index (κ3) is 9.51. The first-order valence-electron chi connectivity index (χ1n) is 24.5. The van der Waals surface area contributed by atoms with Crippen molar-refractivity contribution in [3.8, 4) is 50.6 Å². The van der Waals surface area contributed by atoms with E-state index in [1.165, 1.54) is 33.0 Å². The van der Waals surface area contributed by atoms with Gasteiger partial charge in [0.2, 0.25) is 0 Å². The van der Waals surface area contributed by atoms with Gasteiger partial charge in [-0.25, -0.2) is 4.98 Å². The van der Waals surface area contributed by atoms with Crippen LogP contribution in [0, 0.1) is 19.0 Å². The minimum Gasteiger partial charge on any atom is -0.501 e. The fourth-order valence-corrected chi connectivity index (χ4v) is 10.6. The number of imidazole rings is 1. The van der Waals surface area contributed by atoms with Gasteiger partial charge in [0.1, 0.15) is 5.58 Å². The van der Waals surface area contributed by atoms with E-state index in [2.05, 4.69) is 180 Å². The maximum absolute atomic E-state index is 7.44. The van der Waals surface area contributed by atoms with Crippen LogP contribution in [0.15, 0.2) is 156 Å². The molecule has 0 aliphatic rings. The van der Waals surface area contributed by atoms with Crippen LogP contribution < -0.4 is 5.19 Å². The Balaban J connectivity index is 0.000000233. The van der Waals surface area contributed by atoms with Crippen molar-refractivity contribution in [1.29, 1.82) is 0 Å². The summed E-state index contributed by atoms with van der Waals surface area (Å²) in [5.74, 6) is 1.70. The van der Waals surface area contributed by atoms with Crippen LogP contribution in [-0.2, 0) is 20.1 Å². The van der Waals surface area contributed by atoms with Crippen LogP contribution in [0.2, 0.25) is 19.6 Å². The van der Waals surface area contributed by atoms with E-state index in [-0.39, 0.29) is 31.9 Å². The van der Waals surface area contributed by atoms with E-state index in [9.17, 15) is 0 Å². The minimum atomic E-state index is -2.09. The van der Waals surface area contributed by atoms with Crippen LogP contribution in [0.4, 0.5) is 0 Å². The molecule has 7 heteroatoms. The Hall–Kier alpha value is -6.24.